The summed E-state index contributed by atoms with van der Waals surface area (Å²) in [6, 6.07) is 9.97. The lowest BCUT2D eigenvalue weighted by atomic mass is 10.1. The number of nitrogens with zero attached hydrogens (tertiary/aromatic N) is 2. The molecule has 0 saturated carbocycles. The Morgan fingerprint density at radius 2 is 1.36 bits per heavy atom. The molecule has 140 valence electrons. The van der Waals surface area contributed by atoms with Gasteiger partial charge in [0.25, 0.3) is 0 Å². The van der Waals surface area contributed by atoms with Gasteiger partial charge in [-0.2, -0.15) is 0 Å². The second kappa shape index (κ2) is 14.3. The molecule has 0 bridgehead atoms. The normalized spacial score (nSPS) is 12.4. The minimum absolute atomic E-state index is 0.303. The van der Waals surface area contributed by atoms with Gasteiger partial charge in [0.2, 0.25) is 0 Å². The number of aliphatic imine (C=N–C) groups is 2. The van der Waals surface area contributed by atoms with E-state index in [0.29, 0.717) is 18.5 Å². The van der Waals surface area contributed by atoms with E-state index in [1.54, 1.807) is 0 Å². The van der Waals surface area contributed by atoms with Crippen LogP contribution in [-0.2, 0) is 6.54 Å². The molecular weight excluding hydrogens is 310 g/mol. The maximum Gasteiger partial charge on any atom is 0.195 e. The number of benzene rings is 1. The van der Waals surface area contributed by atoms with E-state index < -0.39 is 0 Å². The first-order valence-corrected chi connectivity index (χ1v) is 9.63. The molecule has 5 heteroatoms. The summed E-state index contributed by atoms with van der Waals surface area (Å²) in [4.78, 5) is 8.56. The molecule has 1 rings (SSSR count). The van der Waals surface area contributed by atoms with Crippen LogP contribution in [0.2, 0.25) is 0 Å². The van der Waals surface area contributed by atoms with Crippen molar-refractivity contribution >= 4 is 11.9 Å². The van der Waals surface area contributed by atoms with Crippen LogP contribution in [0.25, 0.3) is 0 Å². The van der Waals surface area contributed by atoms with E-state index >= 15 is 0 Å². The van der Waals surface area contributed by atoms with Gasteiger partial charge in [0.15, 0.2) is 11.9 Å². The molecule has 0 aliphatic carbocycles. The number of nitrogens with two attached hydrogens (primary N) is 2. The molecular formula is C20H35N5. The van der Waals surface area contributed by atoms with Gasteiger partial charge in [0.05, 0.1) is 6.54 Å². The van der Waals surface area contributed by atoms with Gasteiger partial charge in [-0.3, -0.25) is 10.3 Å². The maximum atomic E-state index is 5.83. The molecule has 25 heavy (non-hydrogen) atoms. The van der Waals surface area contributed by atoms with Gasteiger partial charge in [0, 0.05) is 6.54 Å². The number of hydrogen-bond acceptors (Lipinski definition) is 2. The summed E-state index contributed by atoms with van der Waals surface area (Å²) in [7, 11) is 0. The maximum absolute atomic E-state index is 5.83. The van der Waals surface area contributed by atoms with Gasteiger partial charge < -0.3 is 11.5 Å². The zero-order valence-corrected chi connectivity index (χ0v) is 15.7. The largest absolute Gasteiger partial charge is 0.370 e. The second-order valence-corrected chi connectivity index (χ2v) is 6.41. The van der Waals surface area contributed by atoms with Crippen LogP contribution in [0, 0.1) is 0 Å². The first-order chi connectivity index (χ1) is 12.2. The lowest BCUT2D eigenvalue weighted by molar-refractivity contribution is 0.567. The van der Waals surface area contributed by atoms with E-state index in [-0.39, 0.29) is 0 Å². The molecule has 5 N–H and O–H groups in total. The Labute approximate surface area is 153 Å². The predicted octanol–water partition coefficient (Wildman–Crippen LogP) is 3.94. The Balaban J connectivity index is 2.07. The van der Waals surface area contributed by atoms with Crippen LogP contribution in [0.1, 0.15) is 70.3 Å². The minimum Gasteiger partial charge on any atom is -0.370 e. The van der Waals surface area contributed by atoms with Gasteiger partial charge in [-0.1, -0.05) is 88.6 Å². The van der Waals surface area contributed by atoms with E-state index in [4.69, 9.17) is 11.5 Å². The highest BCUT2D eigenvalue weighted by molar-refractivity contribution is 5.96. The average Bonchev–Trinajstić information content (AvgIpc) is 2.62. The van der Waals surface area contributed by atoms with E-state index in [2.05, 4.69) is 22.2 Å². The smallest absolute Gasteiger partial charge is 0.195 e. The average molecular weight is 346 g/mol. The van der Waals surface area contributed by atoms with E-state index in [9.17, 15) is 0 Å². The number of rotatable bonds is 12. The summed E-state index contributed by atoms with van der Waals surface area (Å²) in [5, 5.41) is 2.84. The van der Waals surface area contributed by atoms with Gasteiger partial charge in [-0.25, -0.2) is 4.99 Å². The fourth-order valence-corrected chi connectivity index (χ4v) is 2.59. The standard InChI is InChI=1S/C20H35N5/c1-2-3-4-5-6-7-8-9-13-16-23-19(21)25-20(22)24-17-18-14-11-10-12-15-18/h10-12,14-15H,2-9,13,16-17H2,1H3,(H5,21,22,23,24,25). The van der Waals surface area contributed by atoms with Crippen molar-refractivity contribution < 1.29 is 0 Å². The zero-order chi connectivity index (χ0) is 18.2. The second-order valence-electron chi connectivity index (χ2n) is 6.41. The quantitative estimate of drug-likeness (QED) is 0.304. The van der Waals surface area contributed by atoms with Crippen LogP contribution >= 0.6 is 0 Å². The van der Waals surface area contributed by atoms with Gasteiger partial charge in [0.1, 0.15) is 0 Å². The summed E-state index contributed by atoms with van der Waals surface area (Å²) >= 11 is 0. The topological polar surface area (TPSA) is 88.8 Å². The third-order valence-corrected chi connectivity index (χ3v) is 4.07. The Bertz CT molecular complexity index is 496. The number of hydrogen-bond donors (Lipinski definition) is 3. The van der Waals surface area contributed by atoms with Crippen molar-refractivity contribution in [2.45, 2.75) is 71.3 Å². The molecule has 5 nitrogen and oxygen atoms in total. The summed E-state index contributed by atoms with van der Waals surface area (Å²) in [6.45, 7) is 3.52. The molecule has 0 radical (unpaired) electrons. The summed E-state index contributed by atoms with van der Waals surface area (Å²) < 4.78 is 0. The lowest BCUT2D eigenvalue weighted by Gasteiger charge is -2.05. The Kier molecular flexibility index (Phi) is 12.0. The summed E-state index contributed by atoms with van der Waals surface area (Å²) in [5.41, 5.74) is 12.8. The number of guanidine groups is 2. The van der Waals surface area contributed by atoms with Gasteiger partial charge in [-0.05, 0) is 12.0 Å². The summed E-state index contributed by atoms with van der Waals surface area (Å²) in [5.74, 6) is 0.644. The van der Waals surface area contributed by atoms with Gasteiger partial charge in [-0.15, -0.1) is 0 Å². The molecule has 1 aromatic carbocycles. The third kappa shape index (κ3) is 12.0. The molecule has 0 aliphatic heterocycles. The van der Waals surface area contributed by atoms with Crippen molar-refractivity contribution in [3.05, 3.63) is 35.9 Å². The van der Waals surface area contributed by atoms with Crippen molar-refractivity contribution in [1.82, 2.24) is 5.32 Å². The molecule has 0 amide bonds. The minimum atomic E-state index is 0.303. The van der Waals surface area contributed by atoms with Crippen LogP contribution in [0.3, 0.4) is 0 Å². The Hall–Kier alpha value is -2.04. The Morgan fingerprint density at radius 3 is 2.00 bits per heavy atom. The van der Waals surface area contributed by atoms with Crippen LogP contribution in [0.4, 0.5) is 0 Å². The molecule has 0 aromatic heterocycles. The van der Waals surface area contributed by atoms with E-state index in [1.165, 1.54) is 51.4 Å². The van der Waals surface area contributed by atoms with Crippen molar-refractivity contribution in [3.63, 3.8) is 0 Å². The van der Waals surface area contributed by atoms with Crippen molar-refractivity contribution in [2.24, 2.45) is 21.5 Å². The van der Waals surface area contributed by atoms with Crippen LogP contribution in [-0.4, -0.2) is 18.5 Å². The van der Waals surface area contributed by atoms with Crippen LogP contribution in [0.5, 0.6) is 0 Å². The molecule has 0 aliphatic rings. The first-order valence-electron chi connectivity index (χ1n) is 9.63. The molecule has 0 fully saturated rings. The van der Waals surface area contributed by atoms with Crippen molar-refractivity contribution in [1.29, 1.82) is 0 Å². The predicted molar refractivity (Wildman–Crippen MR) is 109 cm³/mol. The number of nitrogens with one attached hydrogen (secondary N) is 1. The highest BCUT2D eigenvalue weighted by atomic mass is 15.2. The Morgan fingerprint density at radius 1 is 0.800 bits per heavy atom. The molecule has 0 heterocycles. The molecule has 0 spiro atoms. The molecule has 0 saturated heterocycles. The van der Waals surface area contributed by atoms with Crippen LogP contribution < -0.4 is 16.8 Å². The fraction of sp³-hybridized carbons (Fsp3) is 0.600. The monoisotopic (exact) mass is 345 g/mol. The zero-order valence-electron chi connectivity index (χ0n) is 15.7. The highest BCUT2D eigenvalue weighted by Crippen LogP contribution is 2.09. The first kappa shape index (κ1) is 21.0. The van der Waals surface area contributed by atoms with E-state index in [1.807, 2.05) is 30.3 Å². The van der Waals surface area contributed by atoms with E-state index in [0.717, 1.165) is 18.5 Å². The molecule has 0 unspecified atom stereocenters. The van der Waals surface area contributed by atoms with Crippen molar-refractivity contribution in [2.75, 3.05) is 6.54 Å². The SMILES string of the molecule is CCCCCCCCCCCN=C(N)NC(N)=NCc1ccccc1. The van der Waals surface area contributed by atoms with Crippen LogP contribution in [0.15, 0.2) is 40.3 Å². The van der Waals surface area contributed by atoms with Crippen molar-refractivity contribution in [3.8, 4) is 0 Å². The summed E-state index contributed by atoms with van der Waals surface area (Å²) in [6.07, 6.45) is 11.7. The fourth-order valence-electron chi connectivity index (χ4n) is 2.59. The molecule has 1 aromatic rings. The number of unbranched alkanes of at least 4 members (excludes halogenated alkanes) is 8. The third-order valence-electron chi connectivity index (χ3n) is 4.07. The highest BCUT2D eigenvalue weighted by Gasteiger charge is 1.96. The van der Waals surface area contributed by atoms with Gasteiger partial charge >= 0.3 is 0 Å². The molecule has 0 atom stereocenters. The lowest BCUT2D eigenvalue weighted by Crippen LogP contribution is -2.41.